The van der Waals surface area contributed by atoms with E-state index in [0.717, 1.165) is 19.5 Å². The lowest BCUT2D eigenvalue weighted by molar-refractivity contribution is 0.0170. The molecule has 0 aromatic carbocycles. The molecule has 1 amide bonds. The van der Waals surface area contributed by atoms with Gasteiger partial charge in [0.2, 0.25) is 0 Å². The minimum Gasteiger partial charge on any atom is -0.446 e. The standard InChI is InChI=1S/C14H28N2O3/c1-11(17)9-12(10-14(2,3)4)19-13(18)16-7-5-15-6-8-16/h11-12,15,17H,5-10H2,1-4H3. The van der Waals surface area contributed by atoms with Crippen molar-refractivity contribution in [2.75, 3.05) is 26.2 Å². The number of rotatable bonds is 4. The molecule has 1 rings (SSSR count). The van der Waals surface area contributed by atoms with Crippen molar-refractivity contribution in [3.05, 3.63) is 0 Å². The van der Waals surface area contributed by atoms with Crippen LogP contribution in [0.2, 0.25) is 0 Å². The number of piperazine rings is 1. The van der Waals surface area contributed by atoms with Crippen molar-refractivity contribution < 1.29 is 14.6 Å². The number of aliphatic hydroxyl groups excluding tert-OH is 1. The van der Waals surface area contributed by atoms with Gasteiger partial charge < -0.3 is 20.1 Å². The van der Waals surface area contributed by atoms with Crippen molar-refractivity contribution in [1.82, 2.24) is 10.2 Å². The Morgan fingerprint density at radius 1 is 1.37 bits per heavy atom. The van der Waals surface area contributed by atoms with Crippen LogP contribution in [0.1, 0.15) is 40.5 Å². The van der Waals surface area contributed by atoms with Crippen LogP contribution < -0.4 is 5.32 Å². The molecule has 1 aliphatic rings. The highest BCUT2D eigenvalue weighted by molar-refractivity contribution is 5.68. The van der Waals surface area contributed by atoms with Gasteiger partial charge in [0, 0.05) is 32.6 Å². The summed E-state index contributed by atoms with van der Waals surface area (Å²) in [6.07, 6.45) is 0.326. The third-order valence-electron chi connectivity index (χ3n) is 3.09. The van der Waals surface area contributed by atoms with Crippen LogP contribution in [-0.4, -0.2) is 54.5 Å². The molecule has 112 valence electrons. The van der Waals surface area contributed by atoms with E-state index >= 15 is 0 Å². The van der Waals surface area contributed by atoms with E-state index in [4.69, 9.17) is 4.74 Å². The number of amides is 1. The Morgan fingerprint density at radius 3 is 2.42 bits per heavy atom. The lowest BCUT2D eigenvalue weighted by atomic mass is 9.87. The molecule has 5 nitrogen and oxygen atoms in total. The Kier molecular flexibility index (Phi) is 6.07. The summed E-state index contributed by atoms with van der Waals surface area (Å²) < 4.78 is 5.58. The van der Waals surface area contributed by atoms with Gasteiger partial charge in [0.05, 0.1) is 6.10 Å². The molecule has 1 aliphatic heterocycles. The van der Waals surface area contributed by atoms with E-state index in [0.29, 0.717) is 19.5 Å². The van der Waals surface area contributed by atoms with Gasteiger partial charge in [-0.1, -0.05) is 20.8 Å². The normalized spacial score (nSPS) is 19.9. The zero-order valence-corrected chi connectivity index (χ0v) is 12.6. The van der Waals surface area contributed by atoms with Crippen molar-refractivity contribution in [3.63, 3.8) is 0 Å². The lowest BCUT2D eigenvalue weighted by Crippen LogP contribution is -2.47. The fourth-order valence-electron chi connectivity index (χ4n) is 2.30. The first-order valence-corrected chi connectivity index (χ1v) is 7.12. The van der Waals surface area contributed by atoms with Crippen molar-refractivity contribution in [2.24, 2.45) is 5.41 Å². The molecule has 0 spiro atoms. The van der Waals surface area contributed by atoms with Crippen molar-refractivity contribution >= 4 is 6.09 Å². The molecule has 0 saturated carbocycles. The van der Waals surface area contributed by atoms with Crippen molar-refractivity contribution in [2.45, 2.75) is 52.7 Å². The summed E-state index contributed by atoms with van der Waals surface area (Å²) in [6, 6.07) is 0. The molecular weight excluding hydrogens is 244 g/mol. The predicted octanol–water partition coefficient (Wildman–Crippen LogP) is 1.60. The molecule has 0 aliphatic carbocycles. The number of nitrogens with zero attached hydrogens (tertiary/aromatic N) is 1. The van der Waals surface area contributed by atoms with Crippen LogP contribution >= 0.6 is 0 Å². The van der Waals surface area contributed by atoms with Crippen LogP contribution in [0.5, 0.6) is 0 Å². The molecule has 5 heteroatoms. The first kappa shape index (κ1) is 16.2. The maximum atomic E-state index is 12.1. The number of carbonyl (C=O) groups excluding carboxylic acids is 1. The van der Waals surface area contributed by atoms with E-state index in [9.17, 15) is 9.90 Å². The van der Waals surface area contributed by atoms with Crippen molar-refractivity contribution in [1.29, 1.82) is 0 Å². The van der Waals surface area contributed by atoms with Crippen LogP contribution in [0.4, 0.5) is 4.79 Å². The second kappa shape index (κ2) is 7.10. The summed E-state index contributed by atoms with van der Waals surface area (Å²) in [6.45, 7) is 11.1. The van der Waals surface area contributed by atoms with Crippen LogP contribution in [0, 0.1) is 5.41 Å². The summed E-state index contributed by atoms with van der Waals surface area (Å²) in [4.78, 5) is 13.8. The second-order valence-corrected chi connectivity index (χ2v) is 6.59. The second-order valence-electron chi connectivity index (χ2n) is 6.59. The molecule has 1 heterocycles. The number of hydrogen-bond donors (Lipinski definition) is 2. The van der Waals surface area contributed by atoms with Crippen LogP contribution in [0.3, 0.4) is 0 Å². The maximum Gasteiger partial charge on any atom is 0.410 e. The molecule has 1 fully saturated rings. The number of hydrogen-bond acceptors (Lipinski definition) is 4. The van der Waals surface area contributed by atoms with Gasteiger partial charge >= 0.3 is 6.09 Å². The molecular formula is C14H28N2O3. The minimum atomic E-state index is -0.455. The molecule has 0 bridgehead atoms. The number of nitrogens with one attached hydrogen (secondary N) is 1. The zero-order chi connectivity index (χ0) is 14.5. The van der Waals surface area contributed by atoms with Crippen LogP contribution in [0.15, 0.2) is 0 Å². The van der Waals surface area contributed by atoms with E-state index in [1.807, 2.05) is 0 Å². The third-order valence-corrected chi connectivity index (χ3v) is 3.09. The quantitative estimate of drug-likeness (QED) is 0.816. The summed E-state index contributed by atoms with van der Waals surface area (Å²) in [5, 5.41) is 12.7. The first-order valence-electron chi connectivity index (χ1n) is 7.12. The zero-order valence-electron chi connectivity index (χ0n) is 12.6. The molecule has 2 atom stereocenters. The van der Waals surface area contributed by atoms with Gasteiger partial charge in [0.25, 0.3) is 0 Å². The van der Waals surface area contributed by atoms with Gasteiger partial charge in [-0.15, -0.1) is 0 Å². The van der Waals surface area contributed by atoms with Gasteiger partial charge in [0.15, 0.2) is 0 Å². The Bertz CT molecular complexity index is 281. The largest absolute Gasteiger partial charge is 0.446 e. The lowest BCUT2D eigenvalue weighted by Gasteiger charge is -2.31. The molecule has 19 heavy (non-hydrogen) atoms. The van der Waals surface area contributed by atoms with Crippen LogP contribution in [-0.2, 0) is 4.74 Å². The number of aliphatic hydroxyl groups is 1. The summed E-state index contributed by atoms with van der Waals surface area (Å²) >= 11 is 0. The predicted molar refractivity (Wildman–Crippen MR) is 75.1 cm³/mol. The Labute approximate surface area is 116 Å². The fourth-order valence-corrected chi connectivity index (χ4v) is 2.30. The average molecular weight is 272 g/mol. The summed E-state index contributed by atoms with van der Waals surface area (Å²) in [7, 11) is 0. The highest BCUT2D eigenvalue weighted by atomic mass is 16.6. The summed E-state index contributed by atoms with van der Waals surface area (Å²) in [5.41, 5.74) is 0.0727. The van der Waals surface area contributed by atoms with Gasteiger partial charge in [-0.05, 0) is 18.8 Å². The smallest absolute Gasteiger partial charge is 0.410 e. The molecule has 0 aromatic heterocycles. The molecule has 0 radical (unpaired) electrons. The number of carbonyl (C=O) groups is 1. The average Bonchev–Trinajstić information content (AvgIpc) is 2.26. The molecule has 1 saturated heterocycles. The first-order chi connectivity index (χ1) is 8.78. The third kappa shape index (κ3) is 6.78. The summed E-state index contributed by atoms with van der Waals surface area (Å²) in [5.74, 6) is 0. The monoisotopic (exact) mass is 272 g/mol. The van der Waals surface area contributed by atoms with Gasteiger partial charge in [-0.3, -0.25) is 0 Å². The highest BCUT2D eigenvalue weighted by Crippen LogP contribution is 2.25. The van der Waals surface area contributed by atoms with E-state index in [-0.39, 0.29) is 17.6 Å². The van der Waals surface area contributed by atoms with E-state index in [1.54, 1.807) is 11.8 Å². The van der Waals surface area contributed by atoms with E-state index in [1.165, 1.54) is 0 Å². The Morgan fingerprint density at radius 2 is 1.95 bits per heavy atom. The van der Waals surface area contributed by atoms with E-state index < -0.39 is 6.10 Å². The molecule has 2 N–H and O–H groups in total. The van der Waals surface area contributed by atoms with Gasteiger partial charge in [-0.2, -0.15) is 0 Å². The highest BCUT2D eigenvalue weighted by Gasteiger charge is 2.26. The number of ether oxygens (including phenoxy) is 1. The van der Waals surface area contributed by atoms with E-state index in [2.05, 4.69) is 26.1 Å². The van der Waals surface area contributed by atoms with Crippen molar-refractivity contribution in [3.8, 4) is 0 Å². The molecule has 0 aromatic rings. The van der Waals surface area contributed by atoms with Gasteiger partial charge in [0.1, 0.15) is 6.10 Å². The fraction of sp³-hybridized carbons (Fsp3) is 0.929. The maximum absolute atomic E-state index is 12.1. The Balaban J connectivity index is 2.52. The Hall–Kier alpha value is -0.810. The SMILES string of the molecule is CC(O)CC(CC(C)(C)C)OC(=O)N1CCNCC1. The molecule has 2 unspecified atom stereocenters. The topological polar surface area (TPSA) is 61.8 Å². The van der Waals surface area contributed by atoms with Gasteiger partial charge in [-0.25, -0.2) is 4.79 Å². The van der Waals surface area contributed by atoms with Crippen LogP contribution in [0.25, 0.3) is 0 Å². The minimum absolute atomic E-state index is 0.0727.